The summed E-state index contributed by atoms with van der Waals surface area (Å²) in [6.07, 6.45) is 1.63. The number of methoxy groups -OCH3 is 2. The number of carbonyl (C=O) groups is 3. The monoisotopic (exact) mass is 471 g/mol. The average Bonchev–Trinajstić information content (AvgIpc) is 3.04. The number of hydrogen-bond acceptors (Lipinski definition) is 8. The van der Waals surface area contributed by atoms with Gasteiger partial charge in [-0.05, 0) is 29.8 Å². The van der Waals surface area contributed by atoms with Crippen LogP contribution >= 0.6 is 24.0 Å². The van der Waals surface area contributed by atoms with Crippen LogP contribution in [0.2, 0.25) is 0 Å². The number of rotatable bonds is 8. The van der Waals surface area contributed by atoms with Crippen molar-refractivity contribution >= 4 is 57.8 Å². The lowest BCUT2D eigenvalue weighted by atomic mass is 10.1. The van der Waals surface area contributed by atoms with Gasteiger partial charge in [0, 0.05) is 24.2 Å². The Labute approximate surface area is 194 Å². The van der Waals surface area contributed by atoms with Crippen LogP contribution in [0.5, 0.6) is 11.5 Å². The molecular formula is C22H19N2O6S2-. The van der Waals surface area contributed by atoms with Crippen LogP contribution in [0.3, 0.4) is 0 Å². The number of thiocarbonyl (C=S) groups is 1. The smallest absolute Gasteiger partial charge is 0.266 e. The van der Waals surface area contributed by atoms with Gasteiger partial charge in [-0.3, -0.25) is 14.5 Å². The molecule has 0 saturated carbocycles. The van der Waals surface area contributed by atoms with Crippen molar-refractivity contribution in [2.75, 3.05) is 26.1 Å². The van der Waals surface area contributed by atoms with Gasteiger partial charge < -0.3 is 24.7 Å². The Hall–Kier alpha value is -3.37. The molecule has 1 aliphatic rings. The molecule has 0 aromatic heterocycles. The summed E-state index contributed by atoms with van der Waals surface area (Å²) in [6.45, 7) is 0.0628. The van der Waals surface area contributed by atoms with Crippen LogP contribution in [0.4, 0.5) is 5.69 Å². The first-order valence-corrected chi connectivity index (χ1v) is 10.6. The van der Waals surface area contributed by atoms with Gasteiger partial charge in [0.15, 0.2) is 11.5 Å². The van der Waals surface area contributed by atoms with Crippen LogP contribution < -0.4 is 19.9 Å². The number of ether oxygens (including phenoxy) is 2. The fourth-order valence-corrected chi connectivity index (χ4v) is 4.29. The molecule has 10 heteroatoms. The third kappa shape index (κ3) is 5.27. The standard InChI is InChI=1S/C22H20N2O6S2/c1-29-16-8-7-13(11-17(16)30-2)12-18-20(26)24(22(31)32-18)10-9-19(25)23-15-6-4-3-5-14(15)21(27)28/h3-8,11-12H,9-10H2,1-2H3,(H,23,25)(H,27,28)/p-1/b18-12+. The zero-order valence-corrected chi connectivity index (χ0v) is 18.9. The number of amides is 2. The number of para-hydroxylation sites is 1. The highest BCUT2D eigenvalue weighted by atomic mass is 32.2. The summed E-state index contributed by atoms with van der Waals surface area (Å²) in [7, 11) is 3.06. The molecule has 0 spiro atoms. The largest absolute Gasteiger partial charge is 0.545 e. The Bertz CT molecular complexity index is 1120. The Morgan fingerprint density at radius 3 is 2.56 bits per heavy atom. The number of aromatic carboxylic acids is 1. The van der Waals surface area contributed by atoms with Gasteiger partial charge in [-0.15, -0.1) is 0 Å². The molecule has 1 N–H and O–H groups in total. The molecule has 2 aromatic rings. The van der Waals surface area contributed by atoms with E-state index in [0.717, 1.165) is 17.3 Å². The van der Waals surface area contributed by atoms with Gasteiger partial charge in [0.05, 0.1) is 25.1 Å². The number of nitrogens with one attached hydrogen (secondary N) is 1. The van der Waals surface area contributed by atoms with Crippen molar-refractivity contribution in [2.24, 2.45) is 0 Å². The summed E-state index contributed by atoms with van der Waals surface area (Å²) in [4.78, 5) is 38.0. The molecule has 1 fully saturated rings. The number of thioether (sulfide) groups is 1. The van der Waals surface area contributed by atoms with Gasteiger partial charge in [-0.25, -0.2) is 0 Å². The minimum absolute atomic E-state index is 0.0581. The topological polar surface area (TPSA) is 108 Å². The minimum Gasteiger partial charge on any atom is -0.545 e. The second-order valence-electron chi connectivity index (χ2n) is 6.58. The molecule has 1 aliphatic heterocycles. The molecule has 0 unspecified atom stereocenters. The molecule has 0 aliphatic carbocycles. The zero-order valence-electron chi connectivity index (χ0n) is 17.2. The molecular weight excluding hydrogens is 452 g/mol. The molecule has 1 saturated heterocycles. The molecule has 0 atom stereocenters. The second kappa shape index (κ2) is 10.3. The van der Waals surface area contributed by atoms with Crippen molar-refractivity contribution in [2.45, 2.75) is 6.42 Å². The number of nitrogens with zero attached hydrogens (tertiary/aromatic N) is 1. The second-order valence-corrected chi connectivity index (χ2v) is 8.25. The summed E-state index contributed by atoms with van der Waals surface area (Å²) in [6, 6.07) is 11.2. The Balaban J connectivity index is 1.66. The summed E-state index contributed by atoms with van der Waals surface area (Å²) in [5.41, 5.74) is 0.750. The van der Waals surface area contributed by atoms with Crippen LogP contribution in [-0.4, -0.2) is 47.8 Å². The van der Waals surface area contributed by atoms with Gasteiger partial charge in [0.25, 0.3) is 5.91 Å². The maximum Gasteiger partial charge on any atom is 0.266 e. The Morgan fingerprint density at radius 2 is 1.88 bits per heavy atom. The molecule has 0 bridgehead atoms. The molecule has 3 rings (SSSR count). The van der Waals surface area contributed by atoms with Crippen molar-refractivity contribution in [3.05, 3.63) is 58.5 Å². The molecule has 32 heavy (non-hydrogen) atoms. The van der Waals surface area contributed by atoms with E-state index in [4.69, 9.17) is 21.7 Å². The lowest BCUT2D eigenvalue weighted by molar-refractivity contribution is -0.254. The lowest BCUT2D eigenvalue weighted by Gasteiger charge is -2.15. The quantitative estimate of drug-likeness (QED) is 0.462. The first kappa shape index (κ1) is 23.3. The molecule has 8 nitrogen and oxygen atoms in total. The summed E-state index contributed by atoms with van der Waals surface area (Å²) in [5, 5.41) is 13.7. The highest BCUT2D eigenvalue weighted by Gasteiger charge is 2.32. The summed E-state index contributed by atoms with van der Waals surface area (Å²) in [5.74, 6) is -1.04. The van der Waals surface area contributed by atoms with E-state index in [2.05, 4.69) is 5.32 Å². The van der Waals surface area contributed by atoms with Gasteiger partial charge in [0.1, 0.15) is 4.32 Å². The van der Waals surface area contributed by atoms with Crippen molar-refractivity contribution < 1.29 is 29.0 Å². The first-order chi connectivity index (χ1) is 15.3. The normalized spacial score (nSPS) is 14.6. The highest BCUT2D eigenvalue weighted by molar-refractivity contribution is 8.26. The summed E-state index contributed by atoms with van der Waals surface area (Å²) >= 11 is 6.44. The molecule has 1 heterocycles. The number of carboxylic acid groups (broad SMARTS) is 1. The van der Waals surface area contributed by atoms with Gasteiger partial charge in [-0.2, -0.15) is 0 Å². The maximum atomic E-state index is 12.8. The van der Waals surface area contributed by atoms with Crippen LogP contribution in [0.15, 0.2) is 47.4 Å². The van der Waals surface area contributed by atoms with Crippen LogP contribution in [0, 0.1) is 0 Å². The Kier molecular flexibility index (Phi) is 7.49. The average molecular weight is 472 g/mol. The van der Waals surface area contributed by atoms with Crippen molar-refractivity contribution in [1.82, 2.24) is 4.90 Å². The van der Waals surface area contributed by atoms with E-state index >= 15 is 0 Å². The maximum absolute atomic E-state index is 12.8. The van der Waals surface area contributed by atoms with E-state index in [1.165, 1.54) is 37.3 Å². The van der Waals surface area contributed by atoms with Gasteiger partial charge in [-0.1, -0.05) is 48.2 Å². The molecule has 2 aromatic carbocycles. The minimum atomic E-state index is -1.39. The zero-order chi connectivity index (χ0) is 23.3. The highest BCUT2D eigenvalue weighted by Crippen LogP contribution is 2.34. The van der Waals surface area contributed by atoms with Crippen LogP contribution in [-0.2, 0) is 9.59 Å². The SMILES string of the molecule is COc1ccc(/C=C2/SC(=S)N(CCC(=O)Nc3ccccc3C(=O)[O-])C2=O)cc1OC. The van der Waals surface area contributed by atoms with E-state index in [-0.39, 0.29) is 30.1 Å². The number of benzene rings is 2. The number of carboxylic acids is 1. The number of carbonyl (C=O) groups excluding carboxylic acids is 3. The van der Waals surface area contributed by atoms with E-state index in [1.807, 2.05) is 0 Å². The van der Waals surface area contributed by atoms with E-state index in [9.17, 15) is 19.5 Å². The summed E-state index contributed by atoms with van der Waals surface area (Å²) < 4.78 is 10.8. The predicted octanol–water partition coefficient (Wildman–Crippen LogP) is 2.30. The van der Waals surface area contributed by atoms with Gasteiger partial charge >= 0.3 is 0 Å². The number of hydrogen-bond donors (Lipinski definition) is 1. The molecule has 166 valence electrons. The van der Waals surface area contributed by atoms with Crippen LogP contribution in [0.1, 0.15) is 22.3 Å². The van der Waals surface area contributed by atoms with Crippen molar-refractivity contribution in [1.29, 1.82) is 0 Å². The molecule has 2 amide bonds. The third-order valence-corrected chi connectivity index (χ3v) is 5.94. The van der Waals surface area contributed by atoms with Crippen molar-refractivity contribution in [3.63, 3.8) is 0 Å². The van der Waals surface area contributed by atoms with Crippen LogP contribution in [0.25, 0.3) is 6.08 Å². The van der Waals surface area contributed by atoms with Gasteiger partial charge in [0.2, 0.25) is 5.91 Å². The Morgan fingerprint density at radius 1 is 1.16 bits per heavy atom. The first-order valence-electron chi connectivity index (χ1n) is 9.41. The third-order valence-electron chi connectivity index (χ3n) is 4.56. The predicted molar refractivity (Wildman–Crippen MR) is 123 cm³/mol. The van der Waals surface area contributed by atoms with E-state index in [1.54, 1.807) is 30.3 Å². The van der Waals surface area contributed by atoms with E-state index in [0.29, 0.717) is 20.7 Å². The van der Waals surface area contributed by atoms with E-state index < -0.39 is 11.9 Å². The van der Waals surface area contributed by atoms with Crippen molar-refractivity contribution in [3.8, 4) is 11.5 Å². The fourth-order valence-electron chi connectivity index (χ4n) is 2.98. The fraction of sp³-hybridized carbons (Fsp3) is 0.182. The number of anilines is 1. The molecule has 0 radical (unpaired) electrons. The lowest BCUT2D eigenvalue weighted by Crippen LogP contribution is -2.32.